The molecule has 0 spiro atoms. The molecule has 2 rings (SSSR count). The van der Waals surface area contributed by atoms with Crippen LogP contribution in [0, 0.1) is 13.8 Å². The fourth-order valence-electron chi connectivity index (χ4n) is 2.07. The molecule has 0 atom stereocenters. The highest BCUT2D eigenvalue weighted by atomic mass is 35.5. The van der Waals surface area contributed by atoms with Crippen molar-refractivity contribution in [2.45, 2.75) is 45.3 Å². The standard InChI is InChI=1S/C16H21ClN4OS/c1-4-5-8-21-12(3)11(2)19-16(21)23-10-15(22)20-14-7-6-13(17)9-18-14/h6-7,9H,4-5,8,10H2,1-3H3,(H,18,20,22). The molecule has 1 N–H and O–H groups in total. The molecular weight excluding hydrogens is 332 g/mol. The van der Waals surface area contributed by atoms with Crippen LogP contribution in [0.1, 0.15) is 31.2 Å². The van der Waals surface area contributed by atoms with Crippen LogP contribution in [0.25, 0.3) is 0 Å². The molecule has 2 aromatic heterocycles. The normalized spacial score (nSPS) is 10.8. The molecule has 0 radical (unpaired) electrons. The number of carbonyl (C=O) groups is 1. The second-order valence-corrected chi connectivity index (χ2v) is 6.65. The molecule has 7 heteroatoms. The number of hydrogen-bond donors (Lipinski definition) is 1. The number of unbranched alkanes of at least 4 members (excludes halogenated alkanes) is 1. The van der Waals surface area contributed by atoms with Gasteiger partial charge in [0.15, 0.2) is 5.16 Å². The number of pyridine rings is 1. The molecule has 23 heavy (non-hydrogen) atoms. The molecule has 0 aromatic carbocycles. The number of nitrogens with zero attached hydrogens (tertiary/aromatic N) is 3. The van der Waals surface area contributed by atoms with Crippen molar-refractivity contribution >= 4 is 35.1 Å². The maximum Gasteiger partial charge on any atom is 0.236 e. The molecule has 0 saturated heterocycles. The zero-order valence-corrected chi connectivity index (χ0v) is 15.2. The van der Waals surface area contributed by atoms with Gasteiger partial charge in [0.25, 0.3) is 0 Å². The Kier molecular flexibility index (Phi) is 6.47. The van der Waals surface area contributed by atoms with Crippen LogP contribution in [0.2, 0.25) is 5.02 Å². The lowest BCUT2D eigenvalue weighted by Crippen LogP contribution is -2.15. The highest BCUT2D eigenvalue weighted by Crippen LogP contribution is 2.22. The predicted octanol–water partition coefficient (Wildman–Crippen LogP) is 4.08. The molecule has 5 nitrogen and oxygen atoms in total. The summed E-state index contributed by atoms with van der Waals surface area (Å²) >= 11 is 7.22. The Morgan fingerprint density at radius 3 is 2.83 bits per heavy atom. The van der Waals surface area contributed by atoms with E-state index < -0.39 is 0 Å². The SMILES string of the molecule is CCCCn1c(SCC(=O)Nc2ccc(Cl)cn2)nc(C)c1C. The first-order chi connectivity index (χ1) is 11.0. The van der Waals surface area contributed by atoms with Gasteiger partial charge in [-0.15, -0.1) is 0 Å². The van der Waals surface area contributed by atoms with Crippen LogP contribution in [-0.4, -0.2) is 26.2 Å². The minimum absolute atomic E-state index is 0.106. The third-order valence-corrected chi connectivity index (χ3v) is 4.69. The van der Waals surface area contributed by atoms with Crippen LogP contribution < -0.4 is 5.32 Å². The molecule has 0 fully saturated rings. The quantitative estimate of drug-likeness (QED) is 0.763. The van der Waals surface area contributed by atoms with Crippen LogP contribution in [-0.2, 0) is 11.3 Å². The Morgan fingerprint density at radius 2 is 2.17 bits per heavy atom. The number of rotatable bonds is 7. The van der Waals surface area contributed by atoms with Gasteiger partial charge >= 0.3 is 0 Å². The second-order valence-electron chi connectivity index (χ2n) is 5.27. The molecule has 0 bridgehead atoms. The van der Waals surface area contributed by atoms with Gasteiger partial charge in [-0.05, 0) is 32.4 Å². The van der Waals surface area contributed by atoms with Gasteiger partial charge in [0, 0.05) is 18.4 Å². The number of nitrogens with one attached hydrogen (secondary N) is 1. The monoisotopic (exact) mass is 352 g/mol. The maximum absolute atomic E-state index is 12.0. The van der Waals surface area contributed by atoms with Crippen LogP contribution >= 0.6 is 23.4 Å². The molecule has 0 aliphatic carbocycles. The summed E-state index contributed by atoms with van der Waals surface area (Å²) in [5.74, 6) is 0.693. The Bertz CT molecular complexity index is 669. The Labute approximate surface area is 145 Å². The summed E-state index contributed by atoms with van der Waals surface area (Å²) in [4.78, 5) is 20.7. The smallest absolute Gasteiger partial charge is 0.236 e. The number of thioether (sulfide) groups is 1. The van der Waals surface area contributed by atoms with E-state index in [0.717, 1.165) is 30.2 Å². The summed E-state index contributed by atoms with van der Waals surface area (Å²) in [5, 5.41) is 4.20. The van der Waals surface area contributed by atoms with E-state index in [0.29, 0.717) is 16.6 Å². The number of aromatic nitrogens is 3. The van der Waals surface area contributed by atoms with Crippen molar-refractivity contribution in [2.75, 3.05) is 11.1 Å². The zero-order chi connectivity index (χ0) is 16.8. The third kappa shape index (κ3) is 4.97. The van der Waals surface area contributed by atoms with Crippen molar-refractivity contribution < 1.29 is 4.79 Å². The number of amides is 1. The zero-order valence-electron chi connectivity index (χ0n) is 13.6. The van der Waals surface area contributed by atoms with Gasteiger partial charge in [-0.25, -0.2) is 9.97 Å². The maximum atomic E-state index is 12.0. The number of halogens is 1. The van der Waals surface area contributed by atoms with E-state index in [1.807, 2.05) is 6.92 Å². The van der Waals surface area contributed by atoms with Gasteiger partial charge in [0.1, 0.15) is 5.82 Å². The fraction of sp³-hybridized carbons (Fsp3) is 0.438. The summed E-state index contributed by atoms with van der Waals surface area (Å²) in [6.45, 7) is 7.17. The molecular formula is C16H21ClN4OS. The Balaban J connectivity index is 1.95. The molecule has 0 aliphatic rings. The van der Waals surface area contributed by atoms with E-state index in [1.54, 1.807) is 12.1 Å². The van der Waals surface area contributed by atoms with Crippen molar-refractivity contribution in [1.82, 2.24) is 14.5 Å². The molecule has 0 aliphatic heterocycles. The molecule has 2 heterocycles. The third-order valence-electron chi connectivity index (χ3n) is 3.49. The van der Waals surface area contributed by atoms with Crippen molar-refractivity contribution in [3.8, 4) is 0 Å². The molecule has 124 valence electrons. The fourth-order valence-corrected chi connectivity index (χ4v) is 3.10. The Hall–Kier alpha value is -1.53. The van der Waals surface area contributed by atoms with Crippen LogP contribution in [0.3, 0.4) is 0 Å². The summed E-state index contributed by atoms with van der Waals surface area (Å²) in [6.07, 6.45) is 3.74. The van der Waals surface area contributed by atoms with Crippen molar-refractivity contribution in [3.05, 3.63) is 34.7 Å². The summed E-state index contributed by atoms with van der Waals surface area (Å²) < 4.78 is 2.19. The summed E-state index contributed by atoms with van der Waals surface area (Å²) in [5.41, 5.74) is 2.18. The van der Waals surface area contributed by atoms with Crippen LogP contribution in [0.5, 0.6) is 0 Å². The van der Waals surface area contributed by atoms with Crippen molar-refractivity contribution in [1.29, 1.82) is 0 Å². The lowest BCUT2D eigenvalue weighted by Gasteiger charge is -2.09. The highest BCUT2D eigenvalue weighted by Gasteiger charge is 2.13. The first-order valence-corrected chi connectivity index (χ1v) is 8.95. The minimum Gasteiger partial charge on any atom is -0.323 e. The van der Waals surface area contributed by atoms with Gasteiger partial charge in [-0.3, -0.25) is 4.79 Å². The van der Waals surface area contributed by atoms with Crippen LogP contribution in [0.4, 0.5) is 5.82 Å². The number of aryl methyl sites for hydroxylation is 1. The predicted molar refractivity (Wildman–Crippen MR) is 95.2 cm³/mol. The van der Waals surface area contributed by atoms with E-state index in [1.165, 1.54) is 23.7 Å². The van der Waals surface area contributed by atoms with Gasteiger partial charge in [-0.1, -0.05) is 36.7 Å². The highest BCUT2D eigenvalue weighted by molar-refractivity contribution is 7.99. The minimum atomic E-state index is -0.106. The number of anilines is 1. The van der Waals surface area contributed by atoms with E-state index in [2.05, 4.69) is 33.7 Å². The summed E-state index contributed by atoms with van der Waals surface area (Å²) in [6, 6.07) is 3.38. The Morgan fingerprint density at radius 1 is 1.39 bits per heavy atom. The van der Waals surface area contributed by atoms with Gasteiger partial charge < -0.3 is 9.88 Å². The molecule has 2 aromatic rings. The van der Waals surface area contributed by atoms with E-state index in [-0.39, 0.29) is 5.91 Å². The average molecular weight is 353 g/mol. The molecule has 0 unspecified atom stereocenters. The lowest BCUT2D eigenvalue weighted by molar-refractivity contribution is -0.113. The number of imidazole rings is 1. The van der Waals surface area contributed by atoms with Gasteiger partial charge in [0.2, 0.25) is 5.91 Å². The summed E-state index contributed by atoms with van der Waals surface area (Å²) in [7, 11) is 0. The lowest BCUT2D eigenvalue weighted by atomic mass is 10.3. The van der Waals surface area contributed by atoms with E-state index in [4.69, 9.17) is 11.6 Å². The van der Waals surface area contributed by atoms with Crippen LogP contribution in [0.15, 0.2) is 23.5 Å². The van der Waals surface area contributed by atoms with Crippen molar-refractivity contribution in [3.63, 3.8) is 0 Å². The second kappa shape index (κ2) is 8.36. The average Bonchev–Trinajstić information content (AvgIpc) is 2.80. The first-order valence-electron chi connectivity index (χ1n) is 7.59. The van der Waals surface area contributed by atoms with E-state index in [9.17, 15) is 4.79 Å². The topological polar surface area (TPSA) is 59.8 Å². The van der Waals surface area contributed by atoms with E-state index >= 15 is 0 Å². The molecule has 1 amide bonds. The van der Waals surface area contributed by atoms with Crippen molar-refractivity contribution in [2.24, 2.45) is 0 Å². The largest absolute Gasteiger partial charge is 0.323 e. The number of carbonyl (C=O) groups excluding carboxylic acids is 1. The number of hydrogen-bond acceptors (Lipinski definition) is 4. The van der Waals surface area contributed by atoms with Gasteiger partial charge in [0.05, 0.1) is 16.5 Å². The molecule has 0 saturated carbocycles. The van der Waals surface area contributed by atoms with Gasteiger partial charge in [-0.2, -0.15) is 0 Å². The first kappa shape index (κ1) is 17.8.